The predicted octanol–water partition coefficient (Wildman–Crippen LogP) is 2.81. The Labute approximate surface area is 144 Å². The Morgan fingerprint density at radius 2 is 1.75 bits per heavy atom. The summed E-state index contributed by atoms with van der Waals surface area (Å²) in [5, 5.41) is 19.5. The average molecular weight is 334 g/mol. The lowest BCUT2D eigenvalue weighted by molar-refractivity contribution is -0.132. The third-order valence-corrected chi connectivity index (χ3v) is 7.23. The molecular weight excluding hydrogens is 304 g/mol. The standard InChI is InChI=1S/C20H30O4/c1-18(2)6-5-7-20(4)15(18)8-13(22)12-9-19(3,16(24)11-21)10-14(23)17(12)20/h15-16,21,24H,5-11H2,1-4H3/t15-,16?,19+,20-/m0/s1. The van der Waals surface area contributed by atoms with E-state index in [0.717, 1.165) is 24.8 Å². The van der Waals surface area contributed by atoms with E-state index in [0.29, 0.717) is 18.4 Å². The smallest absolute Gasteiger partial charge is 0.160 e. The van der Waals surface area contributed by atoms with Gasteiger partial charge in [0.15, 0.2) is 11.6 Å². The molecule has 4 nitrogen and oxygen atoms in total. The number of allylic oxidation sites excluding steroid dienone is 2. The molecule has 134 valence electrons. The Kier molecular flexibility index (Phi) is 4.08. The van der Waals surface area contributed by atoms with Crippen molar-refractivity contribution in [2.24, 2.45) is 22.2 Å². The number of ketones is 2. The van der Waals surface area contributed by atoms with Crippen molar-refractivity contribution in [2.45, 2.75) is 72.3 Å². The van der Waals surface area contributed by atoms with E-state index in [2.05, 4.69) is 20.8 Å². The third-order valence-electron chi connectivity index (χ3n) is 7.23. The van der Waals surface area contributed by atoms with E-state index in [-0.39, 0.29) is 41.3 Å². The van der Waals surface area contributed by atoms with Gasteiger partial charge in [0.1, 0.15) is 0 Å². The quantitative estimate of drug-likeness (QED) is 0.814. The maximum atomic E-state index is 13.1. The van der Waals surface area contributed by atoms with E-state index in [1.165, 1.54) is 0 Å². The van der Waals surface area contributed by atoms with Crippen LogP contribution in [0.5, 0.6) is 0 Å². The number of carbonyl (C=O) groups excluding carboxylic acids is 2. The monoisotopic (exact) mass is 334 g/mol. The summed E-state index contributed by atoms with van der Waals surface area (Å²) in [6.45, 7) is 8.04. The summed E-state index contributed by atoms with van der Waals surface area (Å²) in [6.07, 6.45) is 3.27. The second-order valence-electron chi connectivity index (χ2n) is 9.42. The maximum Gasteiger partial charge on any atom is 0.160 e. The SMILES string of the molecule is CC1(C)CCC[C@]2(C)C3=C(C[C@@](C)(C(O)CO)CC3=O)C(=O)C[C@@H]12. The number of carbonyl (C=O) groups is 2. The van der Waals surface area contributed by atoms with Crippen molar-refractivity contribution in [2.75, 3.05) is 6.61 Å². The zero-order valence-corrected chi connectivity index (χ0v) is 15.3. The first-order chi connectivity index (χ1) is 11.0. The number of hydrogen-bond acceptors (Lipinski definition) is 4. The van der Waals surface area contributed by atoms with Crippen LogP contribution < -0.4 is 0 Å². The van der Waals surface area contributed by atoms with Gasteiger partial charge in [0.05, 0.1) is 12.7 Å². The number of fused-ring (bicyclic) bond motifs is 2. The topological polar surface area (TPSA) is 74.6 Å². The molecule has 0 aliphatic heterocycles. The van der Waals surface area contributed by atoms with Gasteiger partial charge in [-0.15, -0.1) is 0 Å². The van der Waals surface area contributed by atoms with Gasteiger partial charge in [-0.2, -0.15) is 0 Å². The number of aliphatic hydroxyl groups is 2. The Morgan fingerprint density at radius 3 is 2.38 bits per heavy atom. The van der Waals surface area contributed by atoms with Gasteiger partial charge >= 0.3 is 0 Å². The first kappa shape index (κ1) is 17.8. The first-order valence-corrected chi connectivity index (χ1v) is 9.14. The van der Waals surface area contributed by atoms with Crippen LogP contribution in [0.2, 0.25) is 0 Å². The molecular formula is C20H30O4. The molecule has 4 heteroatoms. The molecule has 1 unspecified atom stereocenters. The van der Waals surface area contributed by atoms with Gasteiger partial charge in [-0.05, 0) is 30.6 Å². The lowest BCUT2D eigenvalue weighted by Gasteiger charge is -2.56. The van der Waals surface area contributed by atoms with Crippen LogP contribution in [-0.4, -0.2) is 34.5 Å². The van der Waals surface area contributed by atoms with E-state index in [4.69, 9.17) is 0 Å². The highest BCUT2D eigenvalue weighted by Gasteiger charge is 2.57. The van der Waals surface area contributed by atoms with Crippen LogP contribution in [0.3, 0.4) is 0 Å². The zero-order valence-electron chi connectivity index (χ0n) is 15.3. The molecule has 0 heterocycles. The van der Waals surface area contributed by atoms with Gasteiger partial charge in [0.2, 0.25) is 0 Å². The maximum absolute atomic E-state index is 13.1. The van der Waals surface area contributed by atoms with Crippen LogP contribution in [0, 0.1) is 22.2 Å². The third kappa shape index (κ3) is 2.41. The molecule has 24 heavy (non-hydrogen) atoms. The Morgan fingerprint density at radius 1 is 1.08 bits per heavy atom. The highest BCUT2D eigenvalue weighted by molar-refractivity contribution is 6.10. The fraction of sp³-hybridized carbons (Fsp3) is 0.800. The van der Waals surface area contributed by atoms with Gasteiger partial charge in [-0.1, -0.05) is 34.1 Å². The number of rotatable bonds is 2. The normalized spacial score (nSPS) is 40.2. The van der Waals surface area contributed by atoms with Crippen molar-refractivity contribution in [3.05, 3.63) is 11.1 Å². The fourth-order valence-corrected chi connectivity index (χ4v) is 5.77. The number of Topliss-reactive ketones (excluding diaryl/α,β-unsaturated/α-hetero) is 2. The summed E-state index contributed by atoms with van der Waals surface area (Å²) < 4.78 is 0. The largest absolute Gasteiger partial charge is 0.394 e. The summed E-state index contributed by atoms with van der Waals surface area (Å²) in [5.74, 6) is 0.289. The van der Waals surface area contributed by atoms with Gasteiger partial charge in [0.25, 0.3) is 0 Å². The van der Waals surface area contributed by atoms with Crippen LogP contribution in [0.1, 0.15) is 66.2 Å². The van der Waals surface area contributed by atoms with Crippen LogP contribution in [-0.2, 0) is 9.59 Å². The molecule has 4 atom stereocenters. The van der Waals surface area contributed by atoms with Gasteiger partial charge in [0, 0.05) is 34.8 Å². The van der Waals surface area contributed by atoms with Gasteiger partial charge in [-0.25, -0.2) is 0 Å². The minimum absolute atomic E-state index is 0.00417. The van der Waals surface area contributed by atoms with Crippen molar-refractivity contribution in [1.82, 2.24) is 0 Å². The summed E-state index contributed by atoms with van der Waals surface area (Å²) in [6, 6.07) is 0. The Balaban J connectivity index is 2.10. The van der Waals surface area contributed by atoms with Crippen LogP contribution in [0.4, 0.5) is 0 Å². The van der Waals surface area contributed by atoms with Crippen molar-refractivity contribution in [3.63, 3.8) is 0 Å². The van der Waals surface area contributed by atoms with E-state index < -0.39 is 11.5 Å². The Bertz CT molecular complexity index is 617. The van der Waals surface area contributed by atoms with Gasteiger partial charge < -0.3 is 10.2 Å². The molecule has 3 rings (SSSR count). The second-order valence-corrected chi connectivity index (χ2v) is 9.42. The van der Waals surface area contributed by atoms with Crippen LogP contribution >= 0.6 is 0 Å². The van der Waals surface area contributed by atoms with E-state index in [1.54, 1.807) is 0 Å². The predicted molar refractivity (Wildman–Crippen MR) is 91.3 cm³/mol. The van der Waals surface area contributed by atoms with Crippen molar-refractivity contribution in [1.29, 1.82) is 0 Å². The summed E-state index contributed by atoms with van der Waals surface area (Å²) >= 11 is 0. The summed E-state index contributed by atoms with van der Waals surface area (Å²) in [4.78, 5) is 26.0. The van der Waals surface area contributed by atoms with Crippen LogP contribution in [0.25, 0.3) is 0 Å². The molecule has 0 aromatic heterocycles. The van der Waals surface area contributed by atoms with Crippen LogP contribution in [0.15, 0.2) is 11.1 Å². The Hall–Kier alpha value is -1.00. The first-order valence-electron chi connectivity index (χ1n) is 9.14. The average Bonchev–Trinajstić information content (AvgIpc) is 2.48. The minimum atomic E-state index is -0.975. The second kappa shape index (κ2) is 5.50. The van der Waals surface area contributed by atoms with Gasteiger partial charge in [-0.3, -0.25) is 9.59 Å². The summed E-state index contributed by atoms with van der Waals surface area (Å²) in [7, 11) is 0. The van der Waals surface area contributed by atoms with E-state index in [1.807, 2.05) is 6.92 Å². The molecule has 3 aliphatic rings. The van der Waals surface area contributed by atoms with Crippen molar-refractivity contribution < 1.29 is 19.8 Å². The molecule has 1 fully saturated rings. The molecule has 2 N–H and O–H groups in total. The van der Waals surface area contributed by atoms with Crippen molar-refractivity contribution >= 4 is 11.6 Å². The highest BCUT2D eigenvalue weighted by atomic mass is 16.3. The number of aliphatic hydroxyl groups excluding tert-OH is 2. The zero-order chi connectivity index (χ0) is 17.9. The highest BCUT2D eigenvalue weighted by Crippen LogP contribution is 2.61. The molecule has 3 aliphatic carbocycles. The molecule has 0 aromatic carbocycles. The lowest BCUT2D eigenvalue weighted by atomic mass is 9.47. The molecule has 0 amide bonds. The van der Waals surface area contributed by atoms with Crippen molar-refractivity contribution in [3.8, 4) is 0 Å². The molecule has 0 bridgehead atoms. The molecule has 0 saturated heterocycles. The number of hydrogen-bond donors (Lipinski definition) is 2. The molecule has 1 saturated carbocycles. The van der Waals surface area contributed by atoms with E-state index in [9.17, 15) is 19.8 Å². The molecule has 0 aromatic rings. The van der Waals surface area contributed by atoms with E-state index >= 15 is 0 Å². The fourth-order valence-electron chi connectivity index (χ4n) is 5.77. The lowest BCUT2D eigenvalue weighted by Crippen LogP contribution is -2.52. The minimum Gasteiger partial charge on any atom is -0.394 e. The molecule has 0 spiro atoms. The summed E-state index contributed by atoms with van der Waals surface area (Å²) in [5.41, 5.74) is 0.477. The molecule has 0 radical (unpaired) electrons.